The Morgan fingerprint density at radius 2 is 2.00 bits per heavy atom. The average Bonchev–Trinajstić information content (AvgIpc) is 3.15. The zero-order chi connectivity index (χ0) is 20.4. The number of nitrogens with zero attached hydrogens (tertiary/aromatic N) is 3. The largest absolute Gasteiger partial charge is 0.393 e. The minimum atomic E-state index is -1.20. The van der Waals surface area contributed by atoms with Gasteiger partial charge in [-0.1, -0.05) is 23.5 Å². The van der Waals surface area contributed by atoms with E-state index in [4.69, 9.17) is 5.11 Å². The molecule has 146 valence electrons. The lowest BCUT2D eigenvalue weighted by Gasteiger charge is -2.09. The number of carbonyl (C=O) groups is 1. The van der Waals surface area contributed by atoms with Crippen molar-refractivity contribution < 1.29 is 19.4 Å². The predicted molar refractivity (Wildman–Crippen MR) is 107 cm³/mol. The molecule has 29 heavy (non-hydrogen) atoms. The van der Waals surface area contributed by atoms with Crippen LogP contribution in [0.25, 0.3) is 21.5 Å². The SMILES string of the molecule is O=C(Nc1nc2ccccc2s1)c1ccc(-c2ncc([C@H](O)CO)cc2F)cn1. The van der Waals surface area contributed by atoms with Gasteiger partial charge in [0.25, 0.3) is 5.91 Å². The highest BCUT2D eigenvalue weighted by molar-refractivity contribution is 7.22. The van der Waals surface area contributed by atoms with Gasteiger partial charge in [0, 0.05) is 23.5 Å². The van der Waals surface area contributed by atoms with Gasteiger partial charge < -0.3 is 10.2 Å². The molecular formula is C20H15FN4O3S. The Labute approximate surface area is 168 Å². The number of anilines is 1. The molecule has 0 aliphatic heterocycles. The number of amides is 1. The third-order valence-corrected chi connectivity index (χ3v) is 5.16. The van der Waals surface area contributed by atoms with Crippen LogP contribution >= 0.6 is 11.3 Å². The summed E-state index contributed by atoms with van der Waals surface area (Å²) in [5.74, 6) is -1.09. The van der Waals surface area contributed by atoms with Crippen molar-refractivity contribution in [1.82, 2.24) is 15.0 Å². The van der Waals surface area contributed by atoms with Gasteiger partial charge in [-0.25, -0.2) is 9.37 Å². The van der Waals surface area contributed by atoms with Crippen LogP contribution in [0.4, 0.5) is 9.52 Å². The number of aliphatic hydroxyl groups is 2. The molecule has 9 heteroatoms. The van der Waals surface area contributed by atoms with Crippen LogP contribution in [0.5, 0.6) is 0 Å². The van der Waals surface area contributed by atoms with Crippen molar-refractivity contribution in [1.29, 1.82) is 0 Å². The monoisotopic (exact) mass is 410 g/mol. The average molecular weight is 410 g/mol. The third kappa shape index (κ3) is 3.97. The van der Waals surface area contributed by atoms with Gasteiger partial charge in [0.15, 0.2) is 5.13 Å². The number of rotatable bonds is 5. The lowest BCUT2D eigenvalue weighted by Crippen LogP contribution is -2.13. The summed E-state index contributed by atoms with van der Waals surface area (Å²) >= 11 is 1.36. The van der Waals surface area contributed by atoms with Crippen LogP contribution < -0.4 is 5.32 Å². The molecule has 0 aliphatic carbocycles. The normalized spacial score (nSPS) is 12.1. The van der Waals surface area contributed by atoms with Gasteiger partial charge in [0.1, 0.15) is 23.3 Å². The number of hydrogen-bond donors (Lipinski definition) is 3. The fraction of sp³-hybridized carbons (Fsp3) is 0.100. The molecule has 0 saturated carbocycles. The van der Waals surface area contributed by atoms with E-state index in [0.29, 0.717) is 10.7 Å². The maximum absolute atomic E-state index is 14.3. The Morgan fingerprint density at radius 3 is 2.69 bits per heavy atom. The standard InChI is InChI=1S/C20H15FN4O3S/c21-13-7-12(16(27)10-26)9-23-18(13)11-5-6-15(22-8-11)19(28)25-20-24-14-3-1-2-4-17(14)29-20/h1-9,16,26-27H,10H2,(H,24,25,28)/t16-/m1/s1. The molecule has 3 aromatic heterocycles. The van der Waals surface area contributed by atoms with E-state index in [1.807, 2.05) is 24.3 Å². The van der Waals surface area contributed by atoms with Crippen LogP contribution in [0, 0.1) is 5.82 Å². The van der Waals surface area contributed by atoms with E-state index in [-0.39, 0.29) is 17.0 Å². The first-order chi connectivity index (χ1) is 14.0. The van der Waals surface area contributed by atoms with Gasteiger partial charge in [-0.05, 0) is 30.3 Å². The number of hydrogen-bond acceptors (Lipinski definition) is 7. The van der Waals surface area contributed by atoms with Gasteiger partial charge in [-0.2, -0.15) is 0 Å². The first-order valence-electron chi connectivity index (χ1n) is 8.63. The minimum Gasteiger partial charge on any atom is -0.393 e. The molecule has 1 amide bonds. The van der Waals surface area contributed by atoms with E-state index in [0.717, 1.165) is 16.3 Å². The zero-order valence-electron chi connectivity index (χ0n) is 14.9. The highest BCUT2D eigenvalue weighted by Gasteiger charge is 2.15. The molecule has 3 heterocycles. The number of fused-ring (bicyclic) bond motifs is 1. The highest BCUT2D eigenvalue weighted by Crippen LogP contribution is 2.26. The van der Waals surface area contributed by atoms with E-state index in [1.165, 1.54) is 35.9 Å². The van der Waals surface area contributed by atoms with Gasteiger partial charge >= 0.3 is 0 Å². The summed E-state index contributed by atoms with van der Waals surface area (Å²) in [7, 11) is 0. The number of benzene rings is 1. The lowest BCUT2D eigenvalue weighted by molar-refractivity contribution is 0.0951. The summed E-state index contributed by atoms with van der Waals surface area (Å²) in [6, 6.07) is 11.7. The van der Waals surface area contributed by atoms with Crippen molar-refractivity contribution in [3.8, 4) is 11.3 Å². The zero-order valence-corrected chi connectivity index (χ0v) is 15.7. The molecule has 0 aliphatic rings. The first kappa shape index (κ1) is 19.1. The Bertz CT molecular complexity index is 1150. The van der Waals surface area contributed by atoms with Gasteiger partial charge in [0.05, 0.1) is 16.8 Å². The maximum Gasteiger partial charge on any atom is 0.276 e. The molecule has 0 unspecified atom stereocenters. The molecule has 0 saturated heterocycles. The number of para-hydroxylation sites is 1. The number of pyridine rings is 2. The molecular weight excluding hydrogens is 395 g/mol. The molecule has 0 spiro atoms. The van der Waals surface area contributed by atoms with E-state index in [1.54, 1.807) is 0 Å². The van der Waals surface area contributed by atoms with E-state index < -0.39 is 24.4 Å². The van der Waals surface area contributed by atoms with Crippen LogP contribution in [-0.2, 0) is 0 Å². The molecule has 4 aromatic rings. The topological polar surface area (TPSA) is 108 Å². The second-order valence-corrected chi connectivity index (χ2v) is 7.20. The first-order valence-corrected chi connectivity index (χ1v) is 9.44. The van der Waals surface area contributed by atoms with Crippen LogP contribution in [-0.4, -0.2) is 37.7 Å². The van der Waals surface area contributed by atoms with Crippen LogP contribution in [0.3, 0.4) is 0 Å². The number of halogens is 1. The number of thiazole rings is 1. The summed E-state index contributed by atoms with van der Waals surface area (Å²) < 4.78 is 15.3. The van der Waals surface area contributed by atoms with Crippen molar-refractivity contribution in [2.75, 3.05) is 11.9 Å². The second kappa shape index (κ2) is 8.00. The quantitative estimate of drug-likeness (QED) is 0.466. The van der Waals surface area contributed by atoms with E-state index in [9.17, 15) is 14.3 Å². The third-order valence-electron chi connectivity index (χ3n) is 4.20. The number of nitrogens with one attached hydrogen (secondary N) is 1. The molecule has 3 N–H and O–H groups in total. The molecule has 0 radical (unpaired) electrons. The van der Waals surface area contributed by atoms with Gasteiger partial charge in [-0.15, -0.1) is 0 Å². The molecule has 0 fully saturated rings. The number of aromatic nitrogens is 3. The molecule has 0 bridgehead atoms. The number of aliphatic hydroxyl groups excluding tert-OH is 2. The summed E-state index contributed by atoms with van der Waals surface area (Å²) in [6.45, 7) is -0.527. The van der Waals surface area contributed by atoms with E-state index >= 15 is 0 Å². The number of carbonyl (C=O) groups excluding carboxylic acids is 1. The Kier molecular flexibility index (Phi) is 5.26. The molecule has 1 atom stereocenters. The molecule has 4 rings (SSSR count). The lowest BCUT2D eigenvalue weighted by atomic mass is 10.1. The van der Waals surface area contributed by atoms with Crippen molar-refractivity contribution in [3.05, 3.63) is 71.9 Å². The van der Waals surface area contributed by atoms with Crippen molar-refractivity contribution in [2.45, 2.75) is 6.10 Å². The van der Waals surface area contributed by atoms with Crippen LogP contribution in [0.2, 0.25) is 0 Å². The van der Waals surface area contributed by atoms with Crippen molar-refractivity contribution >= 4 is 32.6 Å². The second-order valence-electron chi connectivity index (χ2n) is 6.17. The summed E-state index contributed by atoms with van der Waals surface area (Å²) in [4.78, 5) is 24.8. The maximum atomic E-state index is 14.3. The van der Waals surface area contributed by atoms with Crippen molar-refractivity contribution in [3.63, 3.8) is 0 Å². The smallest absolute Gasteiger partial charge is 0.276 e. The Hall–Kier alpha value is -3.27. The molecule has 7 nitrogen and oxygen atoms in total. The van der Waals surface area contributed by atoms with Crippen molar-refractivity contribution in [2.24, 2.45) is 0 Å². The van der Waals surface area contributed by atoms with Crippen LogP contribution in [0.1, 0.15) is 22.2 Å². The summed E-state index contributed by atoms with van der Waals surface area (Å²) in [5.41, 5.74) is 1.54. The van der Waals surface area contributed by atoms with E-state index in [2.05, 4.69) is 20.3 Å². The molecule has 1 aromatic carbocycles. The summed E-state index contributed by atoms with van der Waals surface area (Å²) in [6.07, 6.45) is 1.44. The Morgan fingerprint density at radius 1 is 1.17 bits per heavy atom. The summed E-state index contributed by atoms with van der Waals surface area (Å²) in [5, 5.41) is 21.7. The highest BCUT2D eigenvalue weighted by atomic mass is 32.1. The fourth-order valence-electron chi connectivity index (χ4n) is 2.71. The fourth-order valence-corrected chi connectivity index (χ4v) is 3.57. The van der Waals surface area contributed by atoms with Crippen LogP contribution in [0.15, 0.2) is 54.9 Å². The van der Waals surface area contributed by atoms with Gasteiger partial charge in [-0.3, -0.25) is 20.1 Å². The minimum absolute atomic E-state index is 0.0320. The predicted octanol–water partition coefficient (Wildman–Crippen LogP) is 3.17. The Balaban J connectivity index is 1.52. The van der Waals surface area contributed by atoms with Gasteiger partial charge in [0.2, 0.25) is 0 Å².